The van der Waals surface area contributed by atoms with Gasteiger partial charge in [0, 0.05) is 0 Å². The number of benzene rings is 2. The van der Waals surface area contributed by atoms with Crippen LogP contribution in [0.2, 0.25) is 0 Å². The summed E-state index contributed by atoms with van der Waals surface area (Å²) in [7, 11) is 0. The minimum absolute atomic E-state index is 0.0597. The first-order valence-corrected chi connectivity index (χ1v) is 7.25. The van der Waals surface area contributed by atoms with Crippen molar-refractivity contribution in [2.75, 3.05) is 6.61 Å². The van der Waals surface area contributed by atoms with Crippen molar-refractivity contribution in [3.05, 3.63) is 65.7 Å². The second-order valence-corrected chi connectivity index (χ2v) is 5.19. The molecular formula is C18H20N2O2. The van der Waals surface area contributed by atoms with Crippen molar-refractivity contribution in [2.45, 2.75) is 19.8 Å². The van der Waals surface area contributed by atoms with Crippen molar-refractivity contribution in [3.8, 4) is 5.75 Å². The maximum absolute atomic E-state index is 11.7. The molecule has 0 saturated heterocycles. The van der Waals surface area contributed by atoms with E-state index in [1.165, 1.54) is 0 Å². The number of rotatable bonds is 6. The minimum atomic E-state index is -0.286. The van der Waals surface area contributed by atoms with Crippen LogP contribution in [0.25, 0.3) is 0 Å². The van der Waals surface area contributed by atoms with Gasteiger partial charge in [0.1, 0.15) is 5.75 Å². The zero-order valence-corrected chi connectivity index (χ0v) is 12.8. The highest BCUT2D eigenvalue weighted by Crippen LogP contribution is 2.25. The second-order valence-electron chi connectivity index (χ2n) is 5.19. The lowest BCUT2D eigenvalue weighted by atomic mass is 10.0. The Balaban J connectivity index is 1.85. The van der Waals surface area contributed by atoms with Crippen LogP contribution < -0.4 is 10.2 Å². The second kappa shape index (κ2) is 7.98. The third-order valence-electron chi connectivity index (χ3n) is 3.10. The Morgan fingerprint density at radius 1 is 1.14 bits per heavy atom. The van der Waals surface area contributed by atoms with Gasteiger partial charge in [-0.1, -0.05) is 62.4 Å². The molecule has 0 unspecified atom stereocenters. The van der Waals surface area contributed by atoms with Crippen molar-refractivity contribution >= 4 is 12.1 Å². The molecule has 4 nitrogen and oxygen atoms in total. The Bertz CT molecular complexity index is 637. The monoisotopic (exact) mass is 296 g/mol. The van der Waals surface area contributed by atoms with Crippen molar-refractivity contribution in [1.29, 1.82) is 0 Å². The molecule has 0 atom stereocenters. The average Bonchev–Trinajstić information content (AvgIpc) is 2.54. The van der Waals surface area contributed by atoms with E-state index in [4.69, 9.17) is 4.74 Å². The number of ether oxygens (including phenoxy) is 1. The van der Waals surface area contributed by atoms with Crippen molar-refractivity contribution < 1.29 is 9.53 Å². The molecule has 1 amide bonds. The van der Waals surface area contributed by atoms with E-state index in [2.05, 4.69) is 24.4 Å². The summed E-state index contributed by atoms with van der Waals surface area (Å²) < 4.78 is 5.58. The van der Waals surface area contributed by atoms with E-state index in [0.29, 0.717) is 5.92 Å². The summed E-state index contributed by atoms with van der Waals surface area (Å²) in [6, 6.07) is 17.3. The lowest BCUT2D eigenvalue weighted by Crippen LogP contribution is -2.24. The molecule has 0 aliphatic carbocycles. The molecule has 0 fully saturated rings. The number of nitrogens with zero attached hydrogens (tertiary/aromatic N) is 1. The van der Waals surface area contributed by atoms with Gasteiger partial charge in [0.05, 0.1) is 6.21 Å². The molecule has 2 aromatic rings. The summed E-state index contributed by atoms with van der Waals surface area (Å²) in [5.74, 6) is 0.792. The lowest BCUT2D eigenvalue weighted by Gasteiger charge is -2.12. The van der Waals surface area contributed by atoms with Crippen molar-refractivity contribution in [1.82, 2.24) is 5.43 Å². The number of carbonyl (C=O) groups excluding carboxylic acids is 1. The summed E-state index contributed by atoms with van der Waals surface area (Å²) in [4.78, 5) is 11.7. The number of hydrogen-bond donors (Lipinski definition) is 1. The first-order valence-electron chi connectivity index (χ1n) is 7.25. The molecule has 0 aliphatic rings. The van der Waals surface area contributed by atoms with E-state index in [-0.39, 0.29) is 12.5 Å². The predicted octanol–water partition coefficient (Wildman–Crippen LogP) is 3.34. The topological polar surface area (TPSA) is 50.7 Å². The van der Waals surface area contributed by atoms with E-state index in [0.717, 1.165) is 16.9 Å². The van der Waals surface area contributed by atoms with E-state index in [9.17, 15) is 4.79 Å². The van der Waals surface area contributed by atoms with Gasteiger partial charge in [0.15, 0.2) is 6.61 Å². The van der Waals surface area contributed by atoms with Gasteiger partial charge in [0.2, 0.25) is 0 Å². The first-order chi connectivity index (χ1) is 10.7. The number of amides is 1. The van der Waals surface area contributed by atoms with Crippen LogP contribution in [0.15, 0.2) is 59.7 Å². The van der Waals surface area contributed by atoms with Crippen molar-refractivity contribution in [2.24, 2.45) is 5.10 Å². The van der Waals surface area contributed by atoms with Crippen LogP contribution in [-0.4, -0.2) is 18.7 Å². The molecule has 0 heterocycles. The number of nitrogens with one attached hydrogen (secondary N) is 1. The third kappa shape index (κ3) is 4.74. The molecule has 4 heteroatoms. The van der Waals surface area contributed by atoms with E-state index in [1.54, 1.807) is 6.21 Å². The van der Waals surface area contributed by atoms with E-state index >= 15 is 0 Å². The van der Waals surface area contributed by atoms with E-state index in [1.807, 2.05) is 54.6 Å². The quantitative estimate of drug-likeness (QED) is 0.656. The van der Waals surface area contributed by atoms with Gasteiger partial charge in [0.25, 0.3) is 5.91 Å². The molecule has 0 radical (unpaired) electrons. The van der Waals surface area contributed by atoms with Crippen molar-refractivity contribution in [3.63, 3.8) is 0 Å². The Morgan fingerprint density at radius 3 is 2.55 bits per heavy atom. The molecule has 114 valence electrons. The fraction of sp³-hybridized carbons (Fsp3) is 0.222. The lowest BCUT2D eigenvalue weighted by molar-refractivity contribution is -0.123. The molecule has 0 bridgehead atoms. The molecule has 0 aromatic heterocycles. The predicted molar refractivity (Wildman–Crippen MR) is 88.2 cm³/mol. The van der Waals surface area contributed by atoms with Crippen LogP contribution in [0.4, 0.5) is 0 Å². The van der Waals surface area contributed by atoms with Gasteiger partial charge in [-0.05, 0) is 23.1 Å². The molecule has 0 aliphatic heterocycles. The van der Waals surface area contributed by atoms with Gasteiger partial charge in [-0.25, -0.2) is 5.43 Å². The zero-order valence-electron chi connectivity index (χ0n) is 12.8. The largest absolute Gasteiger partial charge is 0.483 e. The highest BCUT2D eigenvalue weighted by Gasteiger charge is 2.08. The van der Waals surface area contributed by atoms with Crippen LogP contribution in [0.5, 0.6) is 5.75 Å². The molecule has 22 heavy (non-hydrogen) atoms. The maximum Gasteiger partial charge on any atom is 0.277 e. The normalized spacial score (nSPS) is 10.9. The summed E-state index contributed by atoms with van der Waals surface area (Å²) >= 11 is 0. The maximum atomic E-state index is 11.7. The van der Waals surface area contributed by atoms with E-state index < -0.39 is 0 Å². The van der Waals surface area contributed by atoms with Crippen LogP contribution in [0.3, 0.4) is 0 Å². The Kier molecular flexibility index (Phi) is 5.72. The minimum Gasteiger partial charge on any atom is -0.483 e. The molecule has 1 N–H and O–H groups in total. The SMILES string of the molecule is CC(C)c1ccccc1OCC(=O)N/N=C/c1ccccc1. The highest BCUT2D eigenvalue weighted by molar-refractivity contribution is 5.82. The Hall–Kier alpha value is -2.62. The molecule has 2 aromatic carbocycles. The number of carbonyl (C=O) groups is 1. The molecular weight excluding hydrogens is 276 g/mol. The fourth-order valence-electron chi connectivity index (χ4n) is 1.98. The smallest absolute Gasteiger partial charge is 0.277 e. The van der Waals surface area contributed by atoms with Gasteiger partial charge in [-0.3, -0.25) is 4.79 Å². The van der Waals surface area contributed by atoms with Gasteiger partial charge >= 0.3 is 0 Å². The average molecular weight is 296 g/mol. The first kappa shape index (κ1) is 15.8. The summed E-state index contributed by atoms with van der Waals surface area (Å²) in [6.07, 6.45) is 1.60. The van der Waals surface area contributed by atoms with Crippen LogP contribution in [-0.2, 0) is 4.79 Å². The fourth-order valence-corrected chi connectivity index (χ4v) is 1.98. The summed E-state index contributed by atoms with van der Waals surface area (Å²) in [5, 5.41) is 3.91. The Morgan fingerprint density at radius 2 is 1.82 bits per heavy atom. The molecule has 0 saturated carbocycles. The van der Waals surface area contributed by atoms with Gasteiger partial charge < -0.3 is 4.74 Å². The Labute approximate surface area is 130 Å². The van der Waals surface area contributed by atoms with Gasteiger partial charge in [-0.2, -0.15) is 5.10 Å². The summed E-state index contributed by atoms with van der Waals surface area (Å²) in [5.41, 5.74) is 4.47. The highest BCUT2D eigenvalue weighted by atomic mass is 16.5. The number of para-hydroxylation sites is 1. The molecule has 0 spiro atoms. The third-order valence-corrected chi connectivity index (χ3v) is 3.10. The molecule has 2 rings (SSSR count). The standard InChI is InChI=1S/C18H20N2O2/c1-14(2)16-10-6-7-11-17(16)22-13-18(21)20-19-12-15-8-4-3-5-9-15/h3-12,14H,13H2,1-2H3,(H,20,21)/b19-12+. The summed E-state index contributed by atoms with van der Waals surface area (Å²) in [6.45, 7) is 4.12. The van der Waals surface area contributed by atoms with Crippen LogP contribution >= 0.6 is 0 Å². The number of hydrogen-bond acceptors (Lipinski definition) is 3. The van der Waals surface area contributed by atoms with Gasteiger partial charge in [-0.15, -0.1) is 0 Å². The zero-order chi connectivity index (χ0) is 15.8. The van der Waals surface area contributed by atoms with Crippen LogP contribution in [0.1, 0.15) is 30.9 Å². The number of hydrazone groups is 1. The van der Waals surface area contributed by atoms with Crippen LogP contribution in [0, 0.1) is 0 Å².